The van der Waals surface area contributed by atoms with Crippen LogP contribution in [0.5, 0.6) is 0 Å². The predicted molar refractivity (Wildman–Crippen MR) is 122 cm³/mol. The number of carbonyl (C=O) groups excluding carboxylic acids is 1. The van der Waals surface area contributed by atoms with Gasteiger partial charge in [0.1, 0.15) is 5.82 Å². The topological polar surface area (TPSA) is 60.5 Å². The molecule has 2 N–H and O–H groups in total. The third-order valence-corrected chi connectivity index (χ3v) is 6.42. The second-order valence-corrected chi connectivity index (χ2v) is 8.58. The number of halogens is 4. The average Bonchev–Trinajstić information content (AvgIpc) is 3.18. The zero-order valence-electron chi connectivity index (χ0n) is 18.9. The second-order valence-electron chi connectivity index (χ2n) is 8.58. The van der Waals surface area contributed by atoms with E-state index in [0.29, 0.717) is 41.4 Å². The van der Waals surface area contributed by atoms with Crippen LogP contribution in [0, 0.1) is 12.7 Å². The fraction of sp³-hybridized carbons (Fsp3) is 0.400. The molecular formula is C25H27F4N3O2. The van der Waals surface area contributed by atoms with E-state index in [1.165, 1.54) is 6.07 Å². The lowest BCUT2D eigenvalue weighted by atomic mass is 9.92. The summed E-state index contributed by atoms with van der Waals surface area (Å²) in [5.41, 5.74) is 9.81. The van der Waals surface area contributed by atoms with Gasteiger partial charge in [-0.05, 0) is 55.5 Å². The minimum Gasteiger partial charge on any atom is -0.364 e. The Morgan fingerprint density at radius 3 is 2.71 bits per heavy atom. The van der Waals surface area contributed by atoms with Gasteiger partial charge < -0.3 is 15.2 Å². The molecule has 4 rings (SSSR count). The van der Waals surface area contributed by atoms with Crippen molar-refractivity contribution in [3.05, 3.63) is 64.6 Å². The van der Waals surface area contributed by atoms with Crippen molar-refractivity contribution < 1.29 is 27.1 Å². The summed E-state index contributed by atoms with van der Waals surface area (Å²) in [7, 11) is 0. The van der Waals surface area contributed by atoms with E-state index < -0.39 is 13.0 Å². The maximum Gasteiger partial charge on any atom is 0.522 e. The van der Waals surface area contributed by atoms with Gasteiger partial charge in [0.15, 0.2) is 6.29 Å². The number of ether oxygens (including phenoxy) is 1. The number of fused-ring (bicyclic) bond motifs is 1. The number of aryl methyl sites for hydroxylation is 1. The molecule has 1 aromatic heterocycles. The lowest BCUT2D eigenvalue weighted by Crippen LogP contribution is -2.34. The highest BCUT2D eigenvalue weighted by molar-refractivity contribution is 6.06. The van der Waals surface area contributed by atoms with Crippen LogP contribution in [0.25, 0.3) is 10.9 Å². The van der Waals surface area contributed by atoms with Gasteiger partial charge in [-0.1, -0.05) is 12.1 Å². The predicted octanol–water partition coefficient (Wildman–Crippen LogP) is 5.63. The summed E-state index contributed by atoms with van der Waals surface area (Å²) in [6.45, 7) is 2.17. The molecule has 2 aromatic carbocycles. The van der Waals surface area contributed by atoms with Crippen LogP contribution in [0.3, 0.4) is 0 Å². The number of aldehydes is 1. The Morgan fingerprint density at radius 1 is 1.21 bits per heavy atom. The number of aromatic nitrogens is 1. The Morgan fingerprint density at radius 2 is 2.00 bits per heavy atom. The lowest BCUT2D eigenvalue weighted by molar-refractivity contribution is -0.325. The lowest BCUT2D eigenvalue weighted by Gasteiger charge is -2.39. The number of carbonyl (C=O) groups is 1. The number of benzene rings is 2. The summed E-state index contributed by atoms with van der Waals surface area (Å²) < 4.78 is 57.9. The van der Waals surface area contributed by atoms with Crippen LogP contribution in [0.15, 0.2) is 36.5 Å². The monoisotopic (exact) mass is 477 g/mol. The molecule has 34 heavy (non-hydrogen) atoms. The molecule has 0 aliphatic carbocycles. The Bertz CT molecular complexity index is 1190. The first-order valence-electron chi connectivity index (χ1n) is 11.3. The molecule has 1 aliphatic heterocycles. The van der Waals surface area contributed by atoms with Crippen LogP contribution in [0.2, 0.25) is 0 Å². The first-order valence-corrected chi connectivity index (χ1v) is 11.3. The highest BCUT2D eigenvalue weighted by Crippen LogP contribution is 2.41. The van der Waals surface area contributed by atoms with Crippen molar-refractivity contribution in [1.82, 2.24) is 4.57 Å². The Kier molecular flexibility index (Phi) is 6.95. The van der Waals surface area contributed by atoms with Crippen molar-refractivity contribution in [2.45, 2.75) is 51.7 Å². The zero-order valence-corrected chi connectivity index (χ0v) is 18.9. The Labute approximate surface area is 195 Å². The van der Waals surface area contributed by atoms with E-state index in [0.717, 1.165) is 36.1 Å². The van der Waals surface area contributed by atoms with Crippen molar-refractivity contribution in [3.8, 4) is 0 Å². The van der Waals surface area contributed by atoms with E-state index in [9.17, 15) is 22.4 Å². The summed E-state index contributed by atoms with van der Waals surface area (Å²) in [5, 5.41) is 0.657. The van der Waals surface area contributed by atoms with Crippen LogP contribution in [0.1, 0.15) is 52.4 Å². The van der Waals surface area contributed by atoms with Crippen molar-refractivity contribution in [2.24, 2.45) is 5.73 Å². The van der Waals surface area contributed by atoms with E-state index in [2.05, 4.69) is 9.64 Å². The SMILES string of the molecule is Cc1ccc(N2CCCCC2c2cc(CN)ccc2F)c2c(C=O)cn(CCOC(F)(F)F)c12. The van der Waals surface area contributed by atoms with Crippen LogP contribution >= 0.6 is 0 Å². The number of rotatable bonds is 7. The van der Waals surface area contributed by atoms with Crippen molar-refractivity contribution >= 4 is 22.9 Å². The Hall–Kier alpha value is -2.91. The maximum absolute atomic E-state index is 14.9. The van der Waals surface area contributed by atoms with Gasteiger partial charge in [0.2, 0.25) is 0 Å². The molecule has 0 saturated carbocycles. The molecular weight excluding hydrogens is 450 g/mol. The molecule has 1 aliphatic rings. The van der Waals surface area contributed by atoms with Gasteiger partial charge in [-0.25, -0.2) is 4.39 Å². The Balaban J connectivity index is 1.80. The van der Waals surface area contributed by atoms with Crippen LogP contribution in [-0.2, 0) is 17.8 Å². The molecule has 1 atom stereocenters. The van der Waals surface area contributed by atoms with Gasteiger partial charge in [0.25, 0.3) is 0 Å². The molecule has 0 bridgehead atoms. The number of anilines is 1. The van der Waals surface area contributed by atoms with Crippen molar-refractivity contribution in [1.29, 1.82) is 0 Å². The van der Waals surface area contributed by atoms with E-state index in [4.69, 9.17) is 5.73 Å². The van der Waals surface area contributed by atoms with Crippen LogP contribution in [0.4, 0.5) is 23.2 Å². The van der Waals surface area contributed by atoms with Gasteiger partial charge in [-0.3, -0.25) is 9.53 Å². The van der Waals surface area contributed by atoms with Gasteiger partial charge in [0, 0.05) is 48.0 Å². The summed E-state index contributed by atoms with van der Waals surface area (Å²) in [6, 6.07) is 8.44. The number of hydrogen-bond acceptors (Lipinski definition) is 4. The highest BCUT2D eigenvalue weighted by atomic mass is 19.4. The molecule has 0 radical (unpaired) electrons. The quantitative estimate of drug-likeness (QED) is 0.354. The average molecular weight is 478 g/mol. The van der Waals surface area contributed by atoms with Gasteiger partial charge in [-0.15, -0.1) is 13.2 Å². The molecule has 5 nitrogen and oxygen atoms in total. The number of hydrogen-bond donors (Lipinski definition) is 1. The van der Waals surface area contributed by atoms with Gasteiger partial charge in [0.05, 0.1) is 18.2 Å². The summed E-state index contributed by atoms with van der Waals surface area (Å²) in [5.74, 6) is -0.310. The molecule has 182 valence electrons. The molecule has 1 saturated heterocycles. The van der Waals surface area contributed by atoms with Gasteiger partial charge >= 0.3 is 6.36 Å². The maximum atomic E-state index is 14.9. The largest absolute Gasteiger partial charge is 0.522 e. The van der Waals surface area contributed by atoms with E-state index in [1.54, 1.807) is 22.9 Å². The summed E-state index contributed by atoms with van der Waals surface area (Å²) >= 11 is 0. The smallest absolute Gasteiger partial charge is 0.364 e. The third-order valence-electron chi connectivity index (χ3n) is 6.42. The zero-order chi connectivity index (χ0) is 24.5. The van der Waals surface area contributed by atoms with Crippen LogP contribution in [-0.4, -0.2) is 30.4 Å². The third kappa shape index (κ3) is 4.81. The minimum absolute atomic E-state index is 0.0647. The highest BCUT2D eigenvalue weighted by Gasteiger charge is 2.30. The number of alkyl halides is 3. The van der Waals surface area contributed by atoms with E-state index >= 15 is 0 Å². The standard InChI is InChI=1S/C25H27F4N3O2/c1-16-5-8-22(23-18(15-33)14-31(24(16)23)10-11-34-25(27,28)29)32-9-3-2-4-21(32)19-12-17(13-30)6-7-20(19)26/h5-8,12,14-15,21H,2-4,9-11,13,30H2,1H3. The molecule has 0 amide bonds. The molecule has 3 aromatic rings. The molecule has 2 heterocycles. The number of piperidine rings is 1. The fourth-order valence-electron chi connectivity index (χ4n) is 4.92. The summed E-state index contributed by atoms with van der Waals surface area (Å²) in [6.07, 6.45) is 0.111. The minimum atomic E-state index is -4.72. The fourth-order valence-corrected chi connectivity index (χ4v) is 4.92. The second kappa shape index (κ2) is 9.76. The number of nitrogens with two attached hydrogens (primary N) is 1. The van der Waals surface area contributed by atoms with E-state index in [1.807, 2.05) is 19.1 Å². The van der Waals surface area contributed by atoms with Gasteiger partial charge in [-0.2, -0.15) is 0 Å². The van der Waals surface area contributed by atoms with Crippen molar-refractivity contribution in [3.63, 3.8) is 0 Å². The molecule has 1 fully saturated rings. The normalized spacial score (nSPS) is 16.9. The van der Waals surface area contributed by atoms with E-state index in [-0.39, 0.29) is 18.4 Å². The molecule has 1 unspecified atom stereocenters. The molecule has 0 spiro atoms. The molecule has 9 heteroatoms. The van der Waals surface area contributed by atoms with Crippen molar-refractivity contribution in [2.75, 3.05) is 18.1 Å². The first kappa shape index (κ1) is 24.2. The summed E-state index contributed by atoms with van der Waals surface area (Å²) in [4.78, 5) is 14.1. The number of nitrogens with zero attached hydrogens (tertiary/aromatic N) is 2. The first-order chi connectivity index (χ1) is 16.2. The van der Waals surface area contributed by atoms with Crippen LogP contribution < -0.4 is 10.6 Å².